The van der Waals surface area contributed by atoms with Crippen LogP contribution in [0.1, 0.15) is 13.0 Å². The lowest BCUT2D eigenvalue weighted by molar-refractivity contribution is 0.479. The Hall–Kier alpha value is -1.72. The van der Waals surface area contributed by atoms with E-state index in [1.807, 2.05) is 15.3 Å². The number of halogens is 2. The molecule has 0 amide bonds. The lowest BCUT2D eigenvalue weighted by Gasteiger charge is -2.16. The molecule has 0 fully saturated rings. The van der Waals surface area contributed by atoms with E-state index < -0.39 is 0 Å². The van der Waals surface area contributed by atoms with Crippen molar-refractivity contribution in [3.05, 3.63) is 40.9 Å². The van der Waals surface area contributed by atoms with Gasteiger partial charge in [-0.2, -0.15) is 0 Å². The van der Waals surface area contributed by atoms with Crippen molar-refractivity contribution in [3.8, 4) is 0 Å². The van der Waals surface area contributed by atoms with Gasteiger partial charge >= 0.3 is 0 Å². The van der Waals surface area contributed by atoms with Crippen LogP contribution in [0.4, 0.5) is 5.95 Å². The van der Waals surface area contributed by atoms with Crippen molar-refractivity contribution in [1.82, 2.24) is 19.1 Å². The van der Waals surface area contributed by atoms with E-state index in [9.17, 15) is 0 Å². The molecule has 7 heteroatoms. The summed E-state index contributed by atoms with van der Waals surface area (Å²) >= 11 is 12.1. The highest BCUT2D eigenvalue weighted by Crippen LogP contribution is 2.31. The largest absolute Gasteiger partial charge is 0.369 e. The van der Waals surface area contributed by atoms with Crippen molar-refractivity contribution in [2.24, 2.45) is 0 Å². The number of hydrogen-bond acceptors (Lipinski definition) is 3. The molecule has 0 spiro atoms. The fourth-order valence-corrected chi connectivity index (χ4v) is 2.67. The molecule has 0 saturated heterocycles. The smallest absolute Gasteiger partial charge is 0.201 e. The standard InChI is InChI=1S/C13H13Cl2N5/c1-8(6-19-3-2-17-7-19)20-12-5-10(15)9(14)4-11(12)18-13(20)16/h2-5,7-8H,6H2,1H3,(H2,16,18). The average Bonchev–Trinajstić information content (AvgIpc) is 2.97. The van der Waals surface area contributed by atoms with Gasteiger partial charge in [-0.3, -0.25) is 0 Å². The van der Waals surface area contributed by atoms with E-state index in [-0.39, 0.29) is 6.04 Å². The molecule has 2 aromatic heterocycles. The summed E-state index contributed by atoms with van der Waals surface area (Å²) in [5.41, 5.74) is 7.65. The number of nitrogens with two attached hydrogens (primary N) is 1. The summed E-state index contributed by atoms with van der Waals surface area (Å²) in [6, 6.07) is 3.65. The minimum absolute atomic E-state index is 0.117. The Morgan fingerprint density at radius 2 is 2.05 bits per heavy atom. The van der Waals surface area contributed by atoms with Gasteiger partial charge < -0.3 is 14.9 Å². The molecule has 5 nitrogen and oxygen atoms in total. The SMILES string of the molecule is CC(Cn1ccnc1)n1c(N)nc2cc(Cl)c(Cl)cc21. The number of fused-ring (bicyclic) bond motifs is 1. The lowest BCUT2D eigenvalue weighted by Crippen LogP contribution is -2.14. The maximum atomic E-state index is 6.09. The predicted molar refractivity (Wildman–Crippen MR) is 81.1 cm³/mol. The third-order valence-corrected chi connectivity index (χ3v) is 3.96. The Morgan fingerprint density at radius 1 is 1.30 bits per heavy atom. The Balaban J connectivity index is 2.06. The van der Waals surface area contributed by atoms with Crippen LogP contribution in [0.3, 0.4) is 0 Å². The van der Waals surface area contributed by atoms with Crippen molar-refractivity contribution < 1.29 is 0 Å². The number of nitrogen functional groups attached to an aromatic ring is 1. The fourth-order valence-electron chi connectivity index (χ4n) is 2.35. The van der Waals surface area contributed by atoms with E-state index >= 15 is 0 Å². The highest BCUT2D eigenvalue weighted by Gasteiger charge is 2.16. The summed E-state index contributed by atoms with van der Waals surface area (Å²) in [5, 5.41) is 0.973. The first-order chi connectivity index (χ1) is 9.56. The highest BCUT2D eigenvalue weighted by atomic mass is 35.5. The van der Waals surface area contributed by atoms with Crippen LogP contribution in [0, 0.1) is 0 Å². The zero-order valence-corrected chi connectivity index (χ0v) is 12.3. The number of hydrogen-bond donors (Lipinski definition) is 1. The first-order valence-electron chi connectivity index (χ1n) is 6.14. The third-order valence-electron chi connectivity index (χ3n) is 3.23. The van der Waals surface area contributed by atoms with Crippen LogP contribution in [0.5, 0.6) is 0 Å². The second-order valence-corrected chi connectivity index (χ2v) is 5.52. The van der Waals surface area contributed by atoms with E-state index in [1.54, 1.807) is 24.7 Å². The van der Waals surface area contributed by atoms with Crippen LogP contribution in [-0.4, -0.2) is 19.1 Å². The number of imidazole rings is 2. The van der Waals surface area contributed by atoms with Gasteiger partial charge in [0.05, 0.1) is 33.4 Å². The van der Waals surface area contributed by atoms with Crippen molar-refractivity contribution in [3.63, 3.8) is 0 Å². The van der Waals surface area contributed by atoms with E-state index in [2.05, 4.69) is 16.9 Å². The first kappa shape index (κ1) is 13.3. The summed E-state index contributed by atoms with van der Waals surface area (Å²) in [4.78, 5) is 8.37. The van der Waals surface area contributed by atoms with Crippen molar-refractivity contribution in [1.29, 1.82) is 0 Å². The molecule has 20 heavy (non-hydrogen) atoms. The molecular weight excluding hydrogens is 297 g/mol. The van der Waals surface area contributed by atoms with Crippen LogP contribution >= 0.6 is 23.2 Å². The number of nitrogens with zero attached hydrogens (tertiary/aromatic N) is 4. The number of anilines is 1. The molecule has 0 saturated carbocycles. The van der Waals surface area contributed by atoms with Crippen LogP contribution in [0.15, 0.2) is 30.9 Å². The van der Waals surface area contributed by atoms with Gasteiger partial charge in [0, 0.05) is 18.9 Å². The molecule has 0 aliphatic carbocycles. The topological polar surface area (TPSA) is 61.7 Å². The predicted octanol–water partition coefficient (Wildman–Crippen LogP) is 3.38. The average molecular weight is 310 g/mol. The van der Waals surface area contributed by atoms with Gasteiger partial charge in [0.2, 0.25) is 5.95 Å². The van der Waals surface area contributed by atoms with E-state index in [0.29, 0.717) is 16.0 Å². The van der Waals surface area contributed by atoms with Crippen molar-refractivity contribution in [2.45, 2.75) is 19.5 Å². The molecule has 3 aromatic rings. The van der Waals surface area contributed by atoms with Gasteiger partial charge in [0.15, 0.2) is 0 Å². The van der Waals surface area contributed by atoms with Gasteiger partial charge in [0.25, 0.3) is 0 Å². The molecular formula is C13H13Cl2N5. The number of rotatable bonds is 3. The Kier molecular flexibility index (Phi) is 3.31. The van der Waals surface area contributed by atoms with E-state index in [1.165, 1.54) is 0 Å². The molecule has 1 unspecified atom stereocenters. The summed E-state index contributed by atoms with van der Waals surface area (Å²) < 4.78 is 3.95. The molecule has 1 aromatic carbocycles. The van der Waals surface area contributed by atoms with Crippen LogP contribution in [0.25, 0.3) is 11.0 Å². The monoisotopic (exact) mass is 309 g/mol. The zero-order chi connectivity index (χ0) is 14.3. The van der Waals surface area contributed by atoms with Crippen molar-refractivity contribution in [2.75, 3.05) is 5.73 Å². The van der Waals surface area contributed by atoms with E-state index in [0.717, 1.165) is 17.6 Å². The van der Waals surface area contributed by atoms with E-state index in [4.69, 9.17) is 28.9 Å². The number of benzene rings is 1. The molecule has 0 aliphatic rings. The quantitative estimate of drug-likeness (QED) is 0.806. The fraction of sp³-hybridized carbons (Fsp3) is 0.231. The second kappa shape index (κ2) is 5.00. The molecule has 1 atom stereocenters. The Bertz CT molecular complexity index is 748. The van der Waals surface area contributed by atoms with Crippen LogP contribution < -0.4 is 5.73 Å². The van der Waals surface area contributed by atoms with Gasteiger partial charge in [-0.25, -0.2) is 9.97 Å². The van der Waals surface area contributed by atoms with Gasteiger partial charge in [-0.05, 0) is 19.1 Å². The molecule has 3 rings (SSSR count). The normalized spacial score (nSPS) is 12.9. The van der Waals surface area contributed by atoms with Crippen LogP contribution in [-0.2, 0) is 6.54 Å². The molecule has 2 N–H and O–H groups in total. The first-order valence-corrected chi connectivity index (χ1v) is 6.90. The number of aromatic nitrogens is 4. The minimum Gasteiger partial charge on any atom is -0.369 e. The minimum atomic E-state index is 0.117. The zero-order valence-electron chi connectivity index (χ0n) is 10.8. The second-order valence-electron chi connectivity index (χ2n) is 4.70. The van der Waals surface area contributed by atoms with Gasteiger partial charge in [0.1, 0.15) is 0 Å². The lowest BCUT2D eigenvalue weighted by atomic mass is 10.2. The summed E-state index contributed by atoms with van der Waals surface area (Å²) in [7, 11) is 0. The maximum absolute atomic E-state index is 6.09. The maximum Gasteiger partial charge on any atom is 0.201 e. The summed E-state index contributed by atoms with van der Waals surface area (Å²) in [6.07, 6.45) is 5.43. The molecule has 0 radical (unpaired) electrons. The molecule has 104 valence electrons. The summed E-state index contributed by atoms with van der Waals surface area (Å²) in [5.74, 6) is 0.450. The van der Waals surface area contributed by atoms with Gasteiger partial charge in [-0.1, -0.05) is 23.2 Å². The third kappa shape index (κ3) is 2.23. The summed E-state index contributed by atoms with van der Waals surface area (Å²) in [6.45, 7) is 2.82. The van der Waals surface area contributed by atoms with Crippen LogP contribution in [0.2, 0.25) is 10.0 Å². The molecule has 0 aliphatic heterocycles. The highest BCUT2D eigenvalue weighted by molar-refractivity contribution is 6.42. The Morgan fingerprint density at radius 3 is 2.75 bits per heavy atom. The Labute approximate surface area is 125 Å². The van der Waals surface area contributed by atoms with Crippen molar-refractivity contribution >= 4 is 40.2 Å². The molecule has 2 heterocycles. The van der Waals surface area contributed by atoms with Gasteiger partial charge in [-0.15, -0.1) is 0 Å². The molecule has 0 bridgehead atoms.